The van der Waals surface area contributed by atoms with Crippen molar-refractivity contribution in [1.29, 1.82) is 0 Å². The van der Waals surface area contributed by atoms with E-state index in [0.717, 1.165) is 36.0 Å². The van der Waals surface area contributed by atoms with Gasteiger partial charge in [-0.05, 0) is 76.5 Å². The highest BCUT2D eigenvalue weighted by Crippen LogP contribution is 2.38. The number of halogens is 2. The topological polar surface area (TPSA) is 99.0 Å². The molecule has 2 fully saturated rings. The molecule has 44 heavy (non-hydrogen) atoms. The molecule has 5 rings (SSSR count). The number of anilines is 4. The highest BCUT2D eigenvalue weighted by molar-refractivity contribution is 7.94. The first-order valence-corrected chi connectivity index (χ1v) is 18.1. The third kappa shape index (κ3) is 8.09. The van der Waals surface area contributed by atoms with Crippen molar-refractivity contribution in [3.05, 3.63) is 59.0 Å². The fourth-order valence-corrected chi connectivity index (χ4v) is 9.66. The van der Waals surface area contributed by atoms with Gasteiger partial charge in [0.15, 0.2) is 0 Å². The van der Waals surface area contributed by atoms with Gasteiger partial charge < -0.3 is 15.5 Å². The van der Waals surface area contributed by atoms with Gasteiger partial charge in [-0.15, -0.1) is 11.3 Å². The fraction of sp³-hybridized carbons (Fsp3) is 0.484. The number of hydrogen-bond acceptors (Lipinski definition) is 7. The lowest BCUT2D eigenvalue weighted by Gasteiger charge is -2.34. The number of alkyl halides is 2. The number of benzene rings is 2. The van der Waals surface area contributed by atoms with Gasteiger partial charge in [0.1, 0.15) is 15.2 Å². The lowest BCUT2D eigenvalue weighted by Crippen LogP contribution is -2.39. The zero-order valence-electron chi connectivity index (χ0n) is 26.0. The van der Waals surface area contributed by atoms with Crippen LogP contribution in [0.4, 0.5) is 31.5 Å². The number of nitrogens with zero attached hydrogens (tertiary/aromatic N) is 3. The summed E-state index contributed by atoms with van der Waals surface area (Å²) >= 11 is 1.07. The highest BCUT2D eigenvalue weighted by atomic mass is 32.2. The van der Waals surface area contributed by atoms with Gasteiger partial charge in [-0.25, -0.2) is 25.7 Å². The number of rotatable bonds is 7. The number of nitrogen functional groups attached to an aromatic ring is 1. The average Bonchev–Trinajstić information content (AvgIpc) is 3.28. The normalized spacial score (nSPS) is 18.1. The number of piperidine rings is 2. The Morgan fingerprint density at radius 3 is 2.09 bits per heavy atom. The minimum Gasteiger partial charge on any atom is -0.397 e. The van der Waals surface area contributed by atoms with Crippen molar-refractivity contribution in [2.75, 3.05) is 60.5 Å². The molecular formula is C31H43F2N5O3S3. The maximum absolute atomic E-state index is 13.5. The van der Waals surface area contributed by atoms with Gasteiger partial charge in [0.05, 0.1) is 27.6 Å². The molecule has 0 radical (unpaired) electrons. The van der Waals surface area contributed by atoms with E-state index in [-0.39, 0.29) is 30.1 Å². The van der Waals surface area contributed by atoms with E-state index in [1.54, 1.807) is 57.1 Å². The molecular weight excluding hydrogens is 625 g/mol. The van der Waals surface area contributed by atoms with Crippen molar-refractivity contribution < 1.29 is 21.4 Å². The van der Waals surface area contributed by atoms with Crippen LogP contribution in [0.5, 0.6) is 0 Å². The summed E-state index contributed by atoms with van der Waals surface area (Å²) in [5.41, 5.74) is 9.41. The van der Waals surface area contributed by atoms with Crippen molar-refractivity contribution >= 4 is 55.1 Å². The summed E-state index contributed by atoms with van der Waals surface area (Å²) in [6.07, 6.45) is 2.04. The van der Waals surface area contributed by atoms with E-state index >= 15 is 0 Å². The van der Waals surface area contributed by atoms with Gasteiger partial charge in [0.25, 0.3) is 15.9 Å². The molecule has 0 spiro atoms. The second kappa shape index (κ2) is 14.1. The van der Waals surface area contributed by atoms with Crippen molar-refractivity contribution in [1.82, 2.24) is 4.31 Å². The first-order chi connectivity index (χ1) is 20.7. The Morgan fingerprint density at radius 1 is 0.955 bits per heavy atom. The van der Waals surface area contributed by atoms with Crippen molar-refractivity contribution in [2.45, 2.75) is 61.5 Å². The van der Waals surface area contributed by atoms with Gasteiger partial charge in [-0.3, -0.25) is 4.72 Å². The van der Waals surface area contributed by atoms with Crippen LogP contribution >= 0.6 is 11.3 Å². The van der Waals surface area contributed by atoms with Crippen LogP contribution in [0.15, 0.2) is 57.6 Å². The molecule has 2 aromatic carbocycles. The molecule has 0 saturated carbocycles. The summed E-state index contributed by atoms with van der Waals surface area (Å²) < 4.78 is 70.2. The summed E-state index contributed by atoms with van der Waals surface area (Å²) in [7, 11) is -2.08. The van der Waals surface area contributed by atoms with E-state index in [9.17, 15) is 21.4 Å². The maximum atomic E-state index is 13.5. The molecule has 3 N–H and O–H groups in total. The smallest absolute Gasteiger partial charge is 0.271 e. The van der Waals surface area contributed by atoms with Crippen LogP contribution in [0.3, 0.4) is 0 Å². The van der Waals surface area contributed by atoms with Gasteiger partial charge in [-0.2, -0.15) is 0 Å². The van der Waals surface area contributed by atoms with Crippen molar-refractivity contribution in [3.63, 3.8) is 0 Å². The number of aryl methyl sites for hydroxylation is 1. The van der Waals surface area contributed by atoms with Crippen molar-refractivity contribution in [2.24, 2.45) is 5.92 Å². The minimum absolute atomic E-state index is 0.102. The number of nitrogens with one attached hydrogen (secondary N) is 1. The summed E-state index contributed by atoms with van der Waals surface area (Å²) in [5, 5.41) is 0. The second-order valence-corrected chi connectivity index (χ2v) is 16.4. The van der Waals surface area contributed by atoms with E-state index in [0.29, 0.717) is 26.7 Å². The van der Waals surface area contributed by atoms with Gasteiger partial charge in [-0.1, -0.05) is 31.2 Å². The van der Waals surface area contributed by atoms with Crippen LogP contribution in [0.1, 0.15) is 43.0 Å². The van der Waals surface area contributed by atoms with Gasteiger partial charge >= 0.3 is 0 Å². The molecule has 0 amide bonds. The average molecular weight is 668 g/mol. The first kappa shape index (κ1) is 34.1. The lowest BCUT2D eigenvalue weighted by atomic mass is 9.98. The van der Waals surface area contributed by atoms with E-state index in [1.165, 1.54) is 22.8 Å². The Hall–Kier alpha value is -2.74. The molecule has 3 aromatic rings. The maximum Gasteiger partial charge on any atom is 0.271 e. The fourth-order valence-electron chi connectivity index (χ4n) is 5.44. The number of nitrogens with two attached hydrogens (primary N) is 1. The molecule has 3 heterocycles. The molecule has 2 aliphatic heterocycles. The number of sulfonamides is 1. The molecule has 1 unspecified atom stereocenters. The standard InChI is InChI=1S/C19H25F2N3O3S3.C12H18N2/c1-13-17(29(25)23(3)4)14(2)28-18(13)30(26,27)22-15-7-5-6-8-16(15)24-11-9-19(20,21)10-12-24;1-10-6-8-14(9-7-10)12-5-3-2-4-11(12)13/h5-8,22H,9-12H2,1-4H3;2-5,10H,6-9,13H2,1H3. The quantitative estimate of drug-likeness (QED) is 0.280. The van der Waals surface area contributed by atoms with E-state index in [1.807, 2.05) is 12.1 Å². The Kier molecular flexibility index (Phi) is 11.0. The zero-order chi connectivity index (χ0) is 32.2. The van der Waals surface area contributed by atoms with Crippen LogP contribution in [0.2, 0.25) is 0 Å². The Labute approximate surface area is 266 Å². The summed E-state index contributed by atoms with van der Waals surface area (Å²) in [4.78, 5) is 5.34. The van der Waals surface area contributed by atoms with Crippen LogP contribution < -0.4 is 20.3 Å². The Morgan fingerprint density at radius 2 is 1.50 bits per heavy atom. The minimum atomic E-state index is -3.95. The number of hydrogen-bond donors (Lipinski definition) is 2. The predicted octanol–water partition coefficient (Wildman–Crippen LogP) is 6.49. The second-order valence-electron chi connectivity index (χ2n) is 11.7. The highest BCUT2D eigenvalue weighted by Gasteiger charge is 2.35. The predicted molar refractivity (Wildman–Crippen MR) is 179 cm³/mol. The molecule has 2 saturated heterocycles. The van der Waals surface area contributed by atoms with Crippen molar-refractivity contribution in [3.8, 4) is 0 Å². The summed E-state index contributed by atoms with van der Waals surface area (Å²) in [6, 6.07) is 14.9. The van der Waals surface area contributed by atoms with E-state index < -0.39 is 26.9 Å². The van der Waals surface area contributed by atoms with Crippen LogP contribution in [-0.4, -0.2) is 63.1 Å². The molecule has 8 nitrogen and oxygen atoms in total. The third-order valence-corrected chi connectivity index (χ3v) is 13.0. The van der Waals surface area contributed by atoms with Gasteiger partial charge in [0.2, 0.25) is 0 Å². The van der Waals surface area contributed by atoms with E-state index in [4.69, 9.17) is 5.73 Å². The largest absolute Gasteiger partial charge is 0.397 e. The first-order valence-electron chi connectivity index (χ1n) is 14.7. The van der Waals surface area contributed by atoms with Gasteiger partial charge in [0, 0.05) is 43.9 Å². The molecule has 0 bridgehead atoms. The Bertz CT molecular complexity index is 1560. The third-order valence-electron chi connectivity index (χ3n) is 8.01. The molecule has 13 heteroatoms. The number of thiophene rings is 1. The van der Waals surface area contributed by atoms with Crippen LogP contribution in [-0.2, 0) is 21.0 Å². The van der Waals surface area contributed by atoms with E-state index in [2.05, 4.69) is 28.7 Å². The zero-order valence-corrected chi connectivity index (χ0v) is 28.4. The number of para-hydroxylation sites is 4. The van der Waals surface area contributed by atoms with Crippen LogP contribution in [0.25, 0.3) is 0 Å². The molecule has 242 valence electrons. The molecule has 0 aliphatic carbocycles. The molecule has 2 aliphatic rings. The summed E-state index contributed by atoms with van der Waals surface area (Å²) in [5.74, 6) is -1.81. The Balaban J connectivity index is 0.000000262. The lowest BCUT2D eigenvalue weighted by molar-refractivity contribution is -0.0220. The monoisotopic (exact) mass is 667 g/mol. The molecule has 1 atom stereocenters. The summed E-state index contributed by atoms with van der Waals surface area (Å²) in [6.45, 7) is 8.31. The SMILES string of the molecule is CC1CCN(c2ccccc2N)CC1.Cc1sc(S(=O)(=O)Nc2ccccc2N2CCC(F)(F)CC2)c(C)c1S(=O)N(C)C. The van der Waals surface area contributed by atoms with Crippen LogP contribution in [0, 0.1) is 19.8 Å². The molecule has 1 aromatic heterocycles.